The lowest BCUT2D eigenvalue weighted by atomic mass is 10.1. The summed E-state index contributed by atoms with van der Waals surface area (Å²) in [5, 5.41) is 5.63. The molecule has 100 valence electrons. The van der Waals surface area contributed by atoms with Gasteiger partial charge in [-0.25, -0.2) is 5.01 Å². The lowest BCUT2D eigenvalue weighted by Gasteiger charge is -2.23. The standard InChI is InChI=1S/C13H20N2O3/c1-2-18-13(17)11-9-14-15(12(11)16)10-7-5-3-4-6-8-10/h9-11H,2-8H2,1H3. The number of carbonyl (C=O) groups is 2. The monoisotopic (exact) mass is 252 g/mol. The Morgan fingerprint density at radius 1 is 1.39 bits per heavy atom. The van der Waals surface area contributed by atoms with Crippen LogP contribution >= 0.6 is 0 Å². The molecule has 2 aliphatic rings. The molecule has 1 amide bonds. The Morgan fingerprint density at radius 2 is 2.06 bits per heavy atom. The van der Waals surface area contributed by atoms with E-state index in [-0.39, 0.29) is 11.9 Å². The summed E-state index contributed by atoms with van der Waals surface area (Å²) in [6.07, 6.45) is 8.11. The van der Waals surface area contributed by atoms with Gasteiger partial charge in [0, 0.05) is 6.21 Å². The highest BCUT2D eigenvalue weighted by Crippen LogP contribution is 2.25. The number of hydrazone groups is 1. The predicted molar refractivity (Wildman–Crippen MR) is 67.0 cm³/mol. The van der Waals surface area contributed by atoms with Gasteiger partial charge < -0.3 is 4.74 Å². The second-order valence-corrected chi connectivity index (χ2v) is 4.82. The van der Waals surface area contributed by atoms with Crippen LogP contribution in [0.2, 0.25) is 0 Å². The van der Waals surface area contributed by atoms with Gasteiger partial charge in [0.15, 0.2) is 5.92 Å². The lowest BCUT2D eigenvalue weighted by Crippen LogP contribution is -2.38. The largest absolute Gasteiger partial charge is 0.465 e. The van der Waals surface area contributed by atoms with Gasteiger partial charge in [-0.3, -0.25) is 9.59 Å². The Kier molecular flexibility index (Phi) is 4.33. The highest BCUT2D eigenvalue weighted by Gasteiger charge is 2.38. The third kappa shape index (κ3) is 2.71. The number of carbonyl (C=O) groups excluding carboxylic acids is 2. The fourth-order valence-corrected chi connectivity index (χ4v) is 2.57. The number of ether oxygens (including phenoxy) is 1. The highest BCUT2D eigenvalue weighted by molar-refractivity contribution is 6.13. The van der Waals surface area contributed by atoms with E-state index in [1.165, 1.54) is 24.1 Å². The molecule has 1 aliphatic heterocycles. The lowest BCUT2D eigenvalue weighted by molar-refractivity contribution is -0.151. The molecule has 1 aliphatic carbocycles. The van der Waals surface area contributed by atoms with Crippen molar-refractivity contribution in [1.82, 2.24) is 5.01 Å². The molecule has 5 heteroatoms. The number of rotatable bonds is 3. The van der Waals surface area contributed by atoms with Gasteiger partial charge in [0.05, 0.1) is 12.6 Å². The molecule has 0 radical (unpaired) electrons. The van der Waals surface area contributed by atoms with Crippen molar-refractivity contribution in [3.8, 4) is 0 Å². The number of nitrogens with zero attached hydrogens (tertiary/aromatic N) is 2. The smallest absolute Gasteiger partial charge is 0.324 e. The fraction of sp³-hybridized carbons (Fsp3) is 0.769. The van der Waals surface area contributed by atoms with E-state index in [2.05, 4.69) is 5.10 Å². The van der Waals surface area contributed by atoms with Gasteiger partial charge in [-0.15, -0.1) is 0 Å². The summed E-state index contributed by atoms with van der Waals surface area (Å²) < 4.78 is 4.88. The Balaban J connectivity index is 1.98. The summed E-state index contributed by atoms with van der Waals surface area (Å²) >= 11 is 0. The van der Waals surface area contributed by atoms with Crippen LogP contribution in [0.5, 0.6) is 0 Å². The molecule has 18 heavy (non-hydrogen) atoms. The Hall–Kier alpha value is -1.39. The summed E-state index contributed by atoms with van der Waals surface area (Å²) in [5.74, 6) is -1.53. The normalized spacial score (nSPS) is 25.3. The topological polar surface area (TPSA) is 59.0 Å². The van der Waals surface area contributed by atoms with E-state index in [4.69, 9.17) is 4.74 Å². The molecule has 0 aromatic rings. The zero-order valence-electron chi connectivity index (χ0n) is 10.8. The maximum atomic E-state index is 12.1. The molecule has 1 unspecified atom stereocenters. The maximum absolute atomic E-state index is 12.1. The zero-order valence-corrected chi connectivity index (χ0v) is 10.8. The molecule has 0 saturated heterocycles. The molecule has 1 saturated carbocycles. The quantitative estimate of drug-likeness (QED) is 0.436. The van der Waals surface area contributed by atoms with Crippen LogP contribution in [-0.2, 0) is 14.3 Å². The van der Waals surface area contributed by atoms with Crippen LogP contribution < -0.4 is 0 Å². The fourth-order valence-electron chi connectivity index (χ4n) is 2.57. The van der Waals surface area contributed by atoms with Gasteiger partial charge in [0.2, 0.25) is 0 Å². The first-order chi connectivity index (χ1) is 8.74. The van der Waals surface area contributed by atoms with E-state index in [0.29, 0.717) is 6.61 Å². The molecule has 2 rings (SSSR count). The minimum absolute atomic E-state index is 0.163. The first-order valence-corrected chi connectivity index (χ1v) is 6.78. The van der Waals surface area contributed by atoms with Crippen LogP contribution in [0.15, 0.2) is 5.10 Å². The van der Waals surface area contributed by atoms with Crippen molar-refractivity contribution in [3.63, 3.8) is 0 Å². The van der Waals surface area contributed by atoms with Crippen LogP contribution in [-0.4, -0.2) is 35.7 Å². The average molecular weight is 252 g/mol. The molecule has 0 bridgehead atoms. The summed E-state index contributed by atoms with van der Waals surface area (Å²) in [6, 6.07) is 0.163. The molecule has 0 N–H and O–H groups in total. The van der Waals surface area contributed by atoms with Gasteiger partial charge in [-0.2, -0.15) is 5.10 Å². The van der Waals surface area contributed by atoms with Gasteiger partial charge in [0.25, 0.3) is 5.91 Å². The van der Waals surface area contributed by atoms with Crippen molar-refractivity contribution < 1.29 is 14.3 Å². The van der Waals surface area contributed by atoms with Crippen LogP contribution in [0.1, 0.15) is 45.4 Å². The van der Waals surface area contributed by atoms with Crippen molar-refractivity contribution in [1.29, 1.82) is 0 Å². The van der Waals surface area contributed by atoms with Crippen LogP contribution in [0.3, 0.4) is 0 Å². The minimum Gasteiger partial charge on any atom is -0.465 e. The van der Waals surface area contributed by atoms with Gasteiger partial charge >= 0.3 is 5.97 Å². The van der Waals surface area contributed by atoms with Crippen LogP contribution in [0, 0.1) is 5.92 Å². The van der Waals surface area contributed by atoms with E-state index in [0.717, 1.165) is 25.7 Å². The number of amides is 1. The molecule has 0 aromatic carbocycles. The third-order valence-electron chi connectivity index (χ3n) is 3.54. The Bertz CT molecular complexity index is 346. The van der Waals surface area contributed by atoms with E-state index in [1.54, 1.807) is 6.92 Å². The molecule has 5 nitrogen and oxygen atoms in total. The first-order valence-electron chi connectivity index (χ1n) is 6.78. The van der Waals surface area contributed by atoms with E-state index < -0.39 is 11.9 Å². The third-order valence-corrected chi connectivity index (χ3v) is 3.54. The first kappa shape index (κ1) is 13.1. The molecular formula is C13H20N2O3. The Labute approximate surface area is 107 Å². The van der Waals surface area contributed by atoms with Crippen molar-refractivity contribution in [2.75, 3.05) is 6.61 Å². The predicted octanol–water partition coefficient (Wildman–Crippen LogP) is 1.72. The molecule has 0 aromatic heterocycles. The summed E-state index contributed by atoms with van der Waals surface area (Å²) in [4.78, 5) is 23.7. The van der Waals surface area contributed by atoms with Gasteiger partial charge in [0.1, 0.15) is 0 Å². The van der Waals surface area contributed by atoms with Crippen molar-refractivity contribution in [2.24, 2.45) is 11.0 Å². The summed E-state index contributed by atoms with van der Waals surface area (Å²) in [5.41, 5.74) is 0. The molecular weight excluding hydrogens is 232 g/mol. The molecule has 1 fully saturated rings. The van der Waals surface area contributed by atoms with E-state index >= 15 is 0 Å². The Morgan fingerprint density at radius 3 is 2.67 bits per heavy atom. The van der Waals surface area contributed by atoms with E-state index in [1.807, 2.05) is 0 Å². The van der Waals surface area contributed by atoms with Crippen molar-refractivity contribution >= 4 is 18.1 Å². The minimum atomic E-state index is -0.826. The number of esters is 1. The maximum Gasteiger partial charge on any atom is 0.324 e. The van der Waals surface area contributed by atoms with E-state index in [9.17, 15) is 9.59 Å². The van der Waals surface area contributed by atoms with Gasteiger partial charge in [-0.1, -0.05) is 25.7 Å². The average Bonchev–Trinajstić information content (AvgIpc) is 2.59. The second-order valence-electron chi connectivity index (χ2n) is 4.82. The zero-order chi connectivity index (χ0) is 13.0. The van der Waals surface area contributed by atoms with Crippen molar-refractivity contribution in [3.05, 3.63) is 0 Å². The number of hydrogen-bond donors (Lipinski definition) is 0. The van der Waals surface area contributed by atoms with Crippen molar-refractivity contribution in [2.45, 2.75) is 51.5 Å². The SMILES string of the molecule is CCOC(=O)C1C=NN(C2CCCCCC2)C1=O. The summed E-state index contributed by atoms with van der Waals surface area (Å²) in [7, 11) is 0. The van der Waals surface area contributed by atoms with Crippen LogP contribution in [0.25, 0.3) is 0 Å². The molecule has 1 atom stereocenters. The van der Waals surface area contributed by atoms with Gasteiger partial charge in [-0.05, 0) is 19.8 Å². The molecule has 0 spiro atoms. The second kappa shape index (κ2) is 5.98. The highest BCUT2D eigenvalue weighted by atomic mass is 16.5. The van der Waals surface area contributed by atoms with Crippen LogP contribution in [0.4, 0.5) is 0 Å². The summed E-state index contributed by atoms with van der Waals surface area (Å²) in [6.45, 7) is 2.03. The molecule has 1 heterocycles. The number of hydrogen-bond acceptors (Lipinski definition) is 4.